The number of hydrogen-bond donors (Lipinski definition) is 1. The summed E-state index contributed by atoms with van der Waals surface area (Å²) in [5.74, 6) is 1.73. The number of methoxy groups -OCH3 is 1. The number of halogens is 1. The van der Waals surface area contributed by atoms with E-state index in [0.29, 0.717) is 6.61 Å². The third kappa shape index (κ3) is 6.92. The Labute approximate surface area is 174 Å². The van der Waals surface area contributed by atoms with Gasteiger partial charge in [0.25, 0.3) is 0 Å². The van der Waals surface area contributed by atoms with E-state index in [4.69, 9.17) is 14.2 Å². The number of hydrogen-bond acceptors (Lipinski definition) is 4. The van der Waals surface area contributed by atoms with Crippen LogP contribution in [-0.4, -0.2) is 70.6 Å². The van der Waals surface area contributed by atoms with Gasteiger partial charge in [0.2, 0.25) is 0 Å². The Kier molecular flexibility index (Phi) is 10.3. The van der Waals surface area contributed by atoms with Gasteiger partial charge in [0.05, 0.1) is 12.1 Å². The summed E-state index contributed by atoms with van der Waals surface area (Å²) in [5, 5.41) is 3.43. The average Bonchev–Trinajstić information content (AvgIpc) is 2.64. The van der Waals surface area contributed by atoms with E-state index in [1.807, 2.05) is 19.2 Å². The van der Waals surface area contributed by atoms with Gasteiger partial charge in [-0.25, -0.2) is 0 Å². The van der Waals surface area contributed by atoms with Crippen LogP contribution in [0.25, 0.3) is 0 Å². The highest BCUT2D eigenvalue weighted by Crippen LogP contribution is 2.23. The van der Waals surface area contributed by atoms with Crippen LogP contribution in [-0.2, 0) is 9.47 Å². The Hall–Kier alpha value is -1.06. The molecule has 6 nitrogen and oxygen atoms in total. The third-order valence-electron chi connectivity index (χ3n) is 4.70. The molecule has 26 heavy (non-hydrogen) atoms. The molecule has 1 aliphatic heterocycles. The Balaban J connectivity index is 0.00000338. The topological polar surface area (TPSA) is 55.3 Å². The van der Waals surface area contributed by atoms with Crippen molar-refractivity contribution in [3.63, 3.8) is 0 Å². The largest absolute Gasteiger partial charge is 0.492 e. The van der Waals surface area contributed by atoms with Crippen LogP contribution >= 0.6 is 24.0 Å². The molecule has 2 rings (SSSR count). The number of ether oxygens (including phenoxy) is 3. The molecule has 1 heterocycles. The monoisotopic (exact) mass is 477 g/mol. The number of guanidine groups is 1. The van der Waals surface area contributed by atoms with Crippen molar-refractivity contribution in [1.82, 2.24) is 10.2 Å². The van der Waals surface area contributed by atoms with Gasteiger partial charge in [0, 0.05) is 53.8 Å². The molecule has 1 aromatic carbocycles. The van der Waals surface area contributed by atoms with Crippen LogP contribution in [0, 0.1) is 6.92 Å². The zero-order valence-electron chi connectivity index (χ0n) is 16.3. The van der Waals surface area contributed by atoms with E-state index in [0.717, 1.165) is 50.9 Å². The Bertz CT molecular complexity index is 545. The van der Waals surface area contributed by atoms with Gasteiger partial charge in [-0.2, -0.15) is 0 Å². The fourth-order valence-corrected chi connectivity index (χ4v) is 2.86. The minimum atomic E-state index is -0.173. The van der Waals surface area contributed by atoms with E-state index in [9.17, 15) is 0 Å². The molecule has 148 valence electrons. The van der Waals surface area contributed by atoms with Gasteiger partial charge in [-0.3, -0.25) is 4.99 Å². The van der Waals surface area contributed by atoms with Gasteiger partial charge in [-0.05, 0) is 19.1 Å². The molecule has 0 unspecified atom stereocenters. The number of nitrogens with one attached hydrogen (secondary N) is 1. The van der Waals surface area contributed by atoms with Gasteiger partial charge in [-0.1, -0.05) is 17.7 Å². The zero-order chi connectivity index (χ0) is 18.1. The first-order chi connectivity index (χ1) is 12.1. The van der Waals surface area contributed by atoms with Crippen LogP contribution < -0.4 is 10.1 Å². The highest BCUT2D eigenvalue weighted by atomic mass is 127. The molecule has 1 fully saturated rings. The van der Waals surface area contributed by atoms with E-state index in [1.165, 1.54) is 5.56 Å². The summed E-state index contributed by atoms with van der Waals surface area (Å²) >= 11 is 0. The van der Waals surface area contributed by atoms with Gasteiger partial charge < -0.3 is 24.4 Å². The molecule has 0 radical (unpaired) electrons. The van der Waals surface area contributed by atoms with Crippen molar-refractivity contribution in [3.05, 3.63) is 29.8 Å². The molecule has 0 aliphatic carbocycles. The number of benzene rings is 1. The number of rotatable bonds is 7. The molecule has 1 aromatic rings. The Morgan fingerprint density at radius 1 is 1.27 bits per heavy atom. The van der Waals surface area contributed by atoms with Gasteiger partial charge in [0.15, 0.2) is 5.96 Å². The van der Waals surface area contributed by atoms with Crippen molar-refractivity contribution >= 4 is 29.9 Å². The molecule has 0 amide bonds. The maximum atomic E-state index is 5.80. The van der Waals surface area contributed by atoms with E-state index in [-0.39, 0.29) is 29.6 Å². The van der Waals surface area contributed by atoms with Crippen molar-refractivity contribution < 1.29 is 14.2 Å². The zero-order valence-corrected chi connectivity index (χ0v) is 18.6. The van der Waals surface area contributed by atoms with Crippen molar-refractivity contribution in [2.24, 2.45) is 4.99 Å². The lowest BCUT2D eigenvalue weighted by molar-refractivity contribution is -0.0857. The molecule has 0 bridgehead atoms. The van der Waals surface area contributed by atoms with E-state index >= 15 is 0 Å². The second kappa shape index (κ2) is 11.6. The standard InChI is InChI=1S/C19H31N3O3.HI/c1-16-5-7-17(8-6-16)25-14-11-22(3)18(20-2)21-15-19(23-4)9-12-24-13-10-19;/h5-8H,9-15H2,1-4H3,(H,20,21);1H. The quantitative estimate of drug-likeness (QED) is 0.372. The first-order valence-electron chi connectivity index (χ1n) is 8.83. The van der Waals surface area contributed by atoms with Crippen LogP contribution in [0.15, 0.2) is 29.3 Å². The minimum absolute atomic E-state index is 0. The van der Waals surface area contributed by atoms with Crippen LogP contribution in [0.1, 0.15) is 18.4 Å². The Morgan fingerprint density at radius 3 is 2.50 bits per heavy atom. The molecular weight excluding hydrogens is 445 g/mol. The number of likely N-dealkylation sites (N-methyl/N-ethyl adjacent to an activating group) is 1. The molecule has 0 saturated carbocycles. The molecule has 0 aromatic heterocycles. The van der Waals surface area contributed by atoms with Crippen molar-refractivity contribution in [3.8, 4) is 5.75 Å². The molecule has 1 N–H and O–H groups in total. The molecule has 0 atom stereocenters. The maximum absolute atomic E-state index is 5.80. The highest BCUT2D eigenvalue weighted by Gasteiger charge is 2.32. The summed E-state index contributed by atoms with van der Waals surface area (Å²) in [6.45, 7) is 5.63. The molecule has 1 saturated heterocycles. The summed E-state index contributed by atoms with van der Waals surface area (Å²) in [6, 6.07) is 8.10. The lowest BCUT2D eigenvalue weighted by Gasteiger charge is -2.37. The highest BCUT2D eigenvalue weighted by molar-refractivity contribution is 14.0. The lowest BCUT2D eigenvalue weighted by atomic mass is 9.94. The molecule has 7 heteroatoms. The van der Waals surface area contributed by atoms with Gasteiger partial charge in [-0.15, -0.1) is 24.0 Å². The van der Waals surface area contributed by atoms with Crippen LogP contribution in [0.5, 0.6) is 5.75 Å². The van der Waals surface area contributed by atoms with E-state index < -0.39 is 0 Å². The fourth-order valence-electron chi connectivity index (χ4n) is 2.86. The number of aliphatic imine (C=N–C) groups is 1. The normalized spacial score (nSPS) is 16.5. The predicted molar refractivity (Wildman–Crippen MR) is 116 cm³/mol. The molecule has 1 aliphatic rings. The molecule has 0 spiro atoms. The van der Waals surface area contributed by atoms with Gasteiger partial charge >= 0.3 is 0 Å². The lowest BCUT2D eigenvalue weighted by Crippen LogP contribution is -2.51. The SMILES string of the molecule is CN=C(NCC1(OC)CCOCC1)N(C)CCOc1ccc(C)cc1.I. The first kappa shape index (κ1) is 23.0. The van der Waals surface area contributed by atoms with E-state index in [1.54, 1.807) is 14.2 Å². The predicted octanol–water partition coefficient (Wildman–Crippen LogP) is 2.69. The van der Waals surface area contributed by atoms with Crippen molar-refractivity contribution in [2.75, 3.05) is 54.1 Å². The molecular formula is C19H32IN3O3. The summed E-state index contributed by atoms with van der Waals surface area (Å²) in [5.41, 5.74) is 1.06. The maximum Gasteiger partial charge on any atom is 0.193 e. The summed E-state index contributed by atoms with van der Waals surface area (Å²) < 4.78 is 17.0. The third-order valence-corrected chi connectivity index (χ3v) is 4.70. The van der Waals surface area contributed by atoms with Crippen LogP contribution in [0.2, 0.25) is 0 Å². The number of aryl methyl sites for hydroxylation is 1. The fraction of sp³-hybridized carbons (Fsp3) is 0.632. The van der Waals surface area contributed by atoms with Crippen LogP contribution in [0.4, 0.5) is 0 Å². The summed E-state index contributed by atoms with van der Waals surface area (Å²) in [6.07, 6.45) is 1.79. The number of nitrogens with zero attached hydrogens (tertiary/aromatic N) is 2. The second-order valence-corrected chi connectivity index (χ2v) is 6.48. The Morgan fingerprint density at radius 2 is 1.92 bits per heavy atom. The second-order valence-electron chi connectivity index (χ2n) is 6.48. The summed E-state index contributed by atoms with van der Waals surface area (Å²) in [7, 11) is 5.58. The van der Waals surface area contributed by atoms with Crippen molar-refractivity contribution in [2.45, 2.75) is 25.4 Å². The van der Waals surface area contributed by atoms with Crippen LogP contribution in [0.3, 0.4) is 0 Å². The van der Waals surface area contributed by atoms with Gasteiger partial charge in [0.1, 0.15) is 12.4 Å². The smallest absolute Gasteiger partial charge is 0.193 e. The minimum Gasteiger partial charge on any atom is -0.492 e. The van der Waals surface area contributed by atoms with Crippen molar-refractivity contribution in [1.29, 1.82) is 0 Å². The summed E-state index contributed by atoms with van der Waals surface area (Å²) in [4.78, 5) is 6.43. The first-order valence-corrected chi connectivity index (χ1v) is 8.83. The van der Waals surface area contributed by atoms with E-state index in [2.05, 4.69) is 34.3 Å². The average molecular weight is 477 g/mol.